The molecule has 2 atom stereocenters. The molecule has 1 aliphatic heterocycles. The third kappa shape index (κ3) is 2.67. The van der Waals surface area contributed by atoms with Crippen LogP contribution in [0.3, 0.4) is 0 Å². The molecular formula is C10H17BrO2. The van der Waals surface area contributed by atoms with Crippen molar-refractivity contribution in [3.63, 3.8) is 0 Å². The van der Waals surface area contributed by atoms with E-state index in [1.165, 1.54) is 32.1 Å². The average molecular weight is 249 g/mol. The second-order valence-corrected chi connectivity index (χ2v) is 5.16. The SMILES string of the molecule is BrC1CCCCCC1OC1COC1. The van der Waals surface area contributed by atoms with Crippen molar-refractivity contribution >= 4 is 15.9 Å². The van der Waals surface area contributed by atoms with Gasteiger partial charge in [0.15, 0.2) is 0 Å². The first-order valence-corrected chi connectivity index (χ1v) is 6.15. The minimum atomic E-state index is 0.378. The molecule has 76 valence electrons. The highest BCUT2D eigenvalue weighted by Crippen LogP contribution is 2.27. The number of hydrogen-bond donors (Lipinski definition) is 0. The first-order valence-electron chi connectivity index (χ1n) is 5.23. The molecule has 0 aromatic rings. The lowest BCUT2D eigenvalue weighted by atomic mass is 10.1. The summed E-state index contributed by atoms with van der Waals surface area (Å²) >= 11 is 3.72. The number of ether oxygens (including phenoxy) is 2. The summed E-state index contributed by atoms with van der Waals surface area (Å²) < 4.78 is 11.1. The largest absolute Gasteiger partial charge is 0.376 e. The van der Waals surface area contributed by atoms with E-state index < -0.39 is 0 Å². The van der Waals surface area contributed by atoms with Crippen LogP contribution in [0.5, 0.6) is 0 Å². The summed E-state index contributed by atoms with van der Waals surface area (Å²) in [6.07, 6.45) is 7.31. The smallest absolute Gasteiger partial charge is 0.105 e. The van der Waals surface area contributed by atoms with Gasteiger partial charge in [-0.05, 0) is 12.8 Å². The van der Waals surface area contributed by atoms with Crippen LogP contribution in [0.15, 0.2) is 0 Å². The van der Waals surface area contributed by atoms with Gasteiger partial charge < -0.3 is 9.47 Å². The van der Waals surface area contributed by atoms with Crippen molar-refractivity contribution in [2.45, 2.75) is 49.1 Å². The monoisotopic (exact) mass is 248 g/mol. The fourth-order valence-corrected chi connectivity index (χ4v) is 2.63. The van der Waals surface area contributed by atoms with E-state index >= 15 is 0 Å². The molecule has 2 aliphatic rings. The van der Waals surface area contributed by atoms with Gasteiger partial charge in [0, 0.05) is 4.83 Å². The summed E-state index contributed by atoms with van der Waals surface area (Å²) in [5, 5.41) is 0. The van der Waals surface area contributed by atoms with E-state index in [2.05, 4.69) is 15.9 Å². The van der Waals surface area contributed by atoms with Crippen molar-refractivity contribution < 1.29 is 9.47 Å². The molecule has 2 unspecified atom stereocenters. The summed E-state index contributed by atoms with van der Waals surface area (Å²) in [6.45, 7) is 1.60. The van der Waals surface area contributed by atoms with Gasteiger partial charge in [-0.3, -0.25) is 0 Å². The second kappa shape index (κ2) is 4.76. The quantitative estimate of drug-likeness (QED) is 0.553. The summed E-state index contributed by atoms with van der Waals surface area (Å²) in [5.41, 5.74) is 0. The van der Waals surface area contributed by atoms with Crippen molar-refractivity contribution in [2.24, 2.45) is 0 Å². The molecular weight excluding hydrogens is 232 g/mol. The Kier molecular flexibility index (Phi) is 3.64. The van der Waals surface area contributed by atoms with Crippen LogP contribution < -0.4 is 0 Å². The number of alkyl halides is 1. The van der Waals surface area contributed by atoms with Crippen LogP contribution >= 0.6 is 15.9 Å². The van der Waals surface area contributed by atoms with E-state index in [0.29, 0.717) is 17.0 Å². The lowest BCUT2D eigenvalue weighted by Crippen LogP contribution is -2.41. The topological polar surface area (TPSA) is 18.5 Å². The van der Waals surface area contributed by atoms with Crippen molar-refractivity contribution in [1.29, 1.82) is 0 Å². The minimum absolute atomic E-state index is 0.378. The molecule has 3 heteroatoms. The Morgan fingerprint density at radius 2 is 1.85 bits per heavy atom. The van der Waals surface area contributed by atoms with Crippen LogP contribution in [0.4, 0.5) is 0 Å². The highest BCUT2D eigenvalue weighted by Gasteiger charge is 2.28. The van der Waals surface area contributed by atoms with Gasteiger partial charge in [-0.25, -0.2) is 0 Å². The zero-order chi connectivity index (χ0) is 9.10. The molecule has 1 heterocycles. The van der Waals surface area contributed by atoms with E-state index in [9.17, 15) is 0 Å². The molecule has 13 heavy (non-hydrogen) atoms. The molecule has 0 amide bonds. The maximum atomic E-state index is 5.95. The maximum absolute atomic E-state index is 5.95. The minimum Gasteiger partial charge on any atom is -0.376 e. The molecule has 0 radical (unpaired) electrons. The predicted octanol–water partition coefficient (Wildman–Crippen LogP) is 2.50. The van der Waals surface area contributed by atoms with Crippen molar-refractivity contribution in [3.8, 4) is 0 Å². The van der Waals surface area contributed by atoms with Gasteiger partial charge in [0.1, 0.15) is 6.10 Å². The highest BCUT2D eigenvalue weighted by molar-refractivity contribution is 9.09. The van der Waals surface area contributed by atoms with E-state index in [4.69, 9.17) is 9.47 Å². The summed E-state index contributed by atoms with van der Waals surface area (Å²) in [6, 6.07) is 0. The van der Waals surface area contributed by atoms with Gasteiger partial charge in [-0.2, -0.15) is 0 Å². The summed E-state index contributed by atoms with van der Waals surface area (Å²) in [4.78, 5) is 0.565. The predicted molar refractivity (Wildman–Crippen MR) is 55.3 cm³/mol. The lowest BCUT2D eigenvalue weighted by Gasteiger charge is -2.32. The van der Waals surface area contributed by atoms with E-state index in [-0.39, 0.29) is 0 Å². The first-order chi connectivity index (χ1) is 6.36. The molecule has 0 N–H and O–H groups in total. The molecule has 1 saturated carbocycles. The Labute approximate surface area is 88.1 Å². The molecule has 2 rings (SSSR count). The normalized spacial score (nSPS) is 36.7. The average Bonchev–Trinajstić information content (AvgIpc) is 2.23. The molecule has 2 fully saturated rings. The van der Waals surface area contributed by atoms with Gasteiger partial charge in [0.2, 0.25) is 0 Å². The fourth-order valence-electron chi connectivity index (χ4n) is 1.92. The Bertz CT molecular complexity index is 159. The molecule has 2 nitrogen and oxygen atoms in total. The van der Waals surface area contributed by atoms with Gasteiger partial charge >= 0.3 is 0 Å². The summed E-state index contributed by atoms with van der Waals surface area (Å²) in [5.74, 6) is 0. The zero-order valence-electron chi connectivity index (χ0n) is 7.88. The highest BCUT2D eigenvalue weighted by atomic mass is 79.9. The van der Waals surface area contributed by atoms with Crippen LogP contribution in [-0.4, -0.2) is 30.2 Å². The molecule has 0 bridgehead atoms. The van der Waals surface area contributed by atoms with E-state index in [1.807, 2.05) is 0 Å². The Balaban J connectivity index is 1.79. The third-order valence-corrected chi connectivity index (χ3v) is 3.89. The van der Waals surface area contributed by atoms with Gasteiger partial charge in [-0.1, -0.05) is 35.2 Å². The van der Waals surface area contributed by atoms with Crippen molar-refractivity contribution in [1.82, 2.24) is 0 Å². The fraction of sp³-hybridized carbons (Fsp3) is 1.00. The Morgan fingerprint density at radius 3 is 2.54 bits per heavy atom. The molecule has 0 aromatic carbocycles. The Morgan fingerprint density at radius 1 is 1.08 bits per heavy atom. The molecule has 0 spiro atoms. The second-order valence-electron chi connectivity index (χ2n) is 3.99. The summed E-state index contributed by atoms with van der Waals surface area (Å²) in [7, 11) is 0. The third-order valence-electron chi connectivity index (χ3n) is 2.85. The Hall–Kier alpha value is 0.400. The van der Waals surface area contributed by atoms with Crippen molar-refractivity contribution in [2.75, 3.05) is 13.2 Å². The lowest BCUT2D eigenvalue weighted by molar-refractivity contribution is -0.154. The van der Waals surface area contributed by atoms with Gasteiger partial charge in [0.25, 0.3) is 0 Å². The number of halogens is 1. The van der Waals surface area contributed by atoms with Crippen LogP contribution in [0.1, 0.15) is 32.1 Å². The number of hydrogen-bond acceptors (Lipinski definition) is 2. The van der Waals surface area contributed by atoms with Crippen LogP contribution in [-0.2, 0) is 9.47 Å². The van der Waals surface area contributed by atoms with Gasteiger partial charge in [-0.15, -0.1) is 0 Å². The molecule has 1 saturated heterocycles. The van der Waals surface area contributed by atoms with Crippen LogP contribution in [0.25, 0.3) is 0 Å². The van der Waals surface area contributed by atoms with Gasteiger partial charge in [0.05, 0.1) is 19.3 Å². The zero-order valence-corrected chi connectivity index (χ0v) is 9.46. The first kappa shape index (κ1) is 9.94. The van der Waals surface area contributed by atoms with E-state index in [0.717, 1.165) is 13.2 Å². The number of rotatable bonds is 2. The molecule has 1 aliphatic carbocycles. The molecule has 0 aromatic heterocycles. The van der Waals surface area contributed by atoms with Crippen molar-refractivity contribution in [3.05, 3.63) is 0 Å². The van der Waals surface area contributed by atoms with E-state index in [1.54, 1.807) is 0 Å². The standard InChI is InChI=1S/C10H17BrO2/c11-9-4-2-1-3-5-10(9)13-8-6-12-7-8/h8-10H,1-7H2. The van der Waals surface area contributed by atoms with Crippen LogP contribution in [0.2, 0.25) is 0 Å². The maximum Gasteiger partial charge on any atom is 0.105 e. The van der Waals surface area contributed by atoms with Crippen LogP contribution in [0, 0.1) is 0 Å².